The number of benzene rings is 3. The molecule has 2 heterocycles. The maximum absolute atomic E-state index is 11.6. The molecule has 194 valence electrons. The van der Waals surface area contributed by atoms with E-state index in [2.05, 4.69) is 17.9 Å². The Bertz CT molecular complexity index is 1280. The summed E-state index contributed by atoms with van der Waals surface area (Å²) in [4.78, 5) is 13.7. The van der Waals surface area contributed by atoms with Crippen LogP contribution in [0.25, 0.3) is 11.1 Å². The van der Waals surface area contributed by atoms with Crippen LogP contribution in [-0.2, 0) is 6.61 Å². The number of fused-ring (bicyclic) bond motifs is 1. The standard InChI is InChI=1S/C29H30ClNO6/c1-19-21(3-2-4-24(19)20-5-6-26-29(14-20)36-12-11-35-26)18-37-28-15-27(22(17-32)13-25(28)30)34-10-9-31-8-7-23(33)16-31/h2-6,13-15,17,23,33H,7-12,16,18H2,1H3/t23-/m1/s1. The molecule has 1 saturated heterocycles. The van der Waals surface area contributed by atoms with Gasteiger partial charge in [-0.3, -0.25) is 9.69 Å². The average molecular weight is 524 g/mol. The van der Waals surface area contributed by atoms with Gasteiger partial charge in [0.1, 0.15) is 37.9 Å². The van der Waals surface area contributed by atoms with Gasteiger partial charge in [0.2, 0.25) is 0 Å². The van der Waals surface area contributed by atoms with E-state index < -0.39 is 0 Å². The Morgan fingerprint density at radius 3 is 2.70 bits per heavy atom. The van der Waals surface area contributed by atoms with Crippen LogP contribution in [0.2, 0.25) is 5.02 Å². The molecule has 8 heteroatoms. The molecule has 3 aromatic rings. The first kappa shape index (κ1) is 25.4. The number of aliphatic hydroxyl groups is 1. The van der Waals surface area contributed by atoms with Gasteiger partial charge in [-0.2, -0.15) is 0 Å². The van der Waals surface area contributed by atoms with Gasteiger partial charge in [0.15, 0.2) is 17.8 Å². The molecule has 0 saturated carbocycles. The van der Waals surface area contributed by atoms with E-state index in [1.165, 1.54) is 0 Å². The number of carbonyl (C=O) groups excluding carboxylic acids is 1. The number of rotatable bonds is 9. The van der Waals surface area contributed by atoms with Crippen molar-refractivity contribution in [2.24, 2.45) is 0 Å². The molecule has 1 fully saturated rings. The lowest BCUT2D eigenvalue weighted by molar-refractivity contribution is 0.111. The Morgan fingerprint density at radius 1 is 1.08 bits per heavy atom. The minimum absolute atomic E-state index is 0.280. The van der Waals surface area contributed by atoms with Gasteiger partial charge in [0.25, 0.3) is 0 Å². The van der Waals surface area contributed by atoms with Crippen LogP contribution in [0, 0.1) is 6.92 Å². The molecular weight excluding hydrogens is 494 g/mol. The van der Waals surface area contributed by atoms with Gasteiger partial charge in [-0.05, 0) is 53.8 Å². The number of likely N-dealkylation sites (tertiary alicyclic amines) is 1. The maximum atomic E-state index is 11.6. The normalized spacial score (nSPS) is 17.0. The maximum Gasteiger partial charge on any atom is 0.161 e. The highest BCUT2D eigenvalue weighted by molar-refractivity contribution is 6.32. The fourth-order valence-electron chi connectivity index (χ4n) is 4.70. The average Bonchev–Trinajstić information content (AvgIpc) is 3.33. The highest BCUT2D eigenvalue weighted by Gasteiger charge is 2.20. The molecule has 5 rings (SSSR count). The summed E-state index contributed by atoms with van der Waals surface area (Å²) in [7, 11) is 0. The largest absolute Gasteiger partial charge is 0.491 e. The summed E-state index contributed by atoms with van der Waals surface area (Å²) in [5.41, 5.74) is 4.59. The van der Waals surface area contributed by atoms with E-state index >= 15 is 0 Å². The quantitative estimate of drug-likeness (QED) is 0.399. The predicted octanol–water partition coefficient (Wildman–Crippen LogP) is 4.92. The molecule has 0 radical (unpaired) electrons. The van der Waals surface area contributed by atoms with Gasteiger partial charge in [-0.1, -0.05) is 35.9 Å². The van der Waals surface area contributed by atoms with Gasteiger partial charge in [0, 0.05) is 25.7 Å². The summed E-state index contributed by atoms with van der Waals surface area (Å²) in [6, 6.07) is 15.3. The van der Waals surface area contributed by atoms with Crippen LogP contribution >= 0.6 is 11.6 Å². The van der Waals surface area contributed by atoms with Crippen LogP contribution in [0.4, 0.5) is 0 Å². The molecule has 37 heavy (non-hydrogen) atoms. The Labute approximate surface area is 221 Å². The fraction of sp³-hybridized carbons (Fsp3) is 0.345. The van der Waals surface area contributed by atoms with Crippen LogP contribution in [-0.4, -0.2) is 61.9 Å². The second kappa shape index (κ2) is 11.4. The summed E-state index contributed by atoms with van der Waals surface area (Å²) in [5, 5.41) is 10.0. The van der Waals surface area contributed by atoms with E-state index in [9.17, 15) is 9.90 Å². The van der Waals surface area contributed by atoms with E-state index in [0.29, 0.717) is 61.6 Å². The monoisotopic (exact) mass is 523 g/mol. The van der Waals surface area contributed by atoms with Crippen LogP contribution in [0.5, 0.6) is 23.0 Å². The van der Waals surface area contributed by atoms with Gasteiger partial charge in [-0.15, -0.1) is 0 Å². The number of hydrogen-bond donors (Lipinski definition) is 1. The number of nitrogens with zero attached hydrogens (tertiary/aromatic N) is 1. The van der Waals surface area contributed by atoms with Crippen molar-refractivity contribution in [1.82, 2.24) is 4.90 Å². The van der Waals surface area contributed by atoms with Crippen molar-refractivity contribution in [1.29, 1.82) is 0 Å². The first-order valence-corrected chi connectivity index (χ1v) is 12.8. The summed E-state index contributed by atoms with van der Waals surface area (Å²) < 4.78 is 23.4. The van der Waals surface area contributed by atoms with Crippen molar-refractivity contribution < 1.29 is 28.8 Å². The summed E-state index contributed by atoms with van der Waals surface area (Å²) in [5.74, 6) is 2.38. The molecular formula is C29H30ClNO6. The Hall–Kier alpha value is -3.26. The molecule has 0 unspecified atom stereocenters. The smallest absolute Gasteiger partial charge is 0.161 e. The minimum Gasteiger partial charge on any atom is -0.491 e. The summed E-state index contributed by atoms with van der Waals surface area (Å²) in [6.45, 7) is 6.00. The molecule has 1 N–H and O–H groups in total. The highest BCUT2D eigenvalue weighted by atomic mass is 35.5. The third-order valence-corrected chi connectivity index (χ3v) is 7.08. The number of aldehydes is 1. The van der Waals surface area contributed by atoms with E-state index in [1.54, 1.807) is 12.1 Å². The summed E-state index contributed by atoms with van der Waals surface area (Å²) >= 11 is 6.43. The van der Waals surface area contributed by atoms with Gasteiger partial charge >= 0.3 is 0 Å². The van der Waals surface area contributed by atoms with Gasteiger partial charge < -0.3 is 24.1 Å². The van der Waals surface area contributed by atoms with Gasteiger partial charge in [0.05, 0.1) is 16.7 Å². The predicted molar refractivity (Wildman–Crippen MR) is 141 cm³/mol. The Morgan fingerprint density at radius 2 is 1.92 bits per heavy atom. The molecule has 0 aliphatic carbocycles. The van der Waals surface area contributed by atoms with Crippen LogP contribution in [0.15, 0.2) is 48.5 Å². The highest BCUT2D eigenvalue weighted by Crippen LogP contribution is 2.37. The number of hydrogen-bond acceptors (Lipinski definition) is 7. The zero-order chi connectivity index (χ0) is 25.8. The van der Waals surface area contributed by atoms with Crippen molar-refractivity contribution in [2.75, 3.05) is 39.5 Å². The first-order chi connectivity index (χ1) is 18.0. The van der Waals surface area contributed by atoms with E-state index in [1.807, 2.05) is 30.3 Å². The molecule has 7 nitrogen and oxygen atoms in total. The first-order valence-electron chi connectivity index (χ1n) is 12.4. The lowest BCUT2D eigenvalue weighted by Gasteiger charge is -2.20. The molecule has 0 bridgehead atoms. The molecule has 0 aromatic heterocycles. The third-order valence-electron chi connectivity index (χ3n) is 6.79. The van der Waals surface area contributed by atoms with E-state index in [4.69, 9.17) is 30.5 Å². The van der Waals surface area contributed by atoms with Gasteiger partial charge in [-0.25, -0.2) is 0 Å². The number of β-amino-alcohol motifs (C(OH)–C–C–N with tert-alkyl or cyclic N) is 1. The minimum atomic E-state index is -0.280. The number of carbonyl (C=O) groups is 1. The lowest BCUT2D eigenvalue weighted by Crippen LogP contribution is -2.27. The van der Waals surface area contributed by atoms with Crippen LogP contribution < -0.4 is 18.9 Å². The van der Waals surface area contributed by atoms with Crippen molar-refractivity contribution in [3.8, 4) is 34.1 Å². The van der Waals surface area contributed by atoms with Crippen molar-refractivity contribution in [3.63, 3.8) is 0 Å². The van der Waals surface area contributed by atoms with Crippen molar-refractivity contribution >= 4 is 17.9 Å². The number of ether oxygens (including phenoxy) is 4. The fourth-order valence-corrected chi connectivity index (χ4v) is 4.92. The van der Waals surface area contributed by atoms with E-state index in [-0.39, 0.29) is 6.10 Å². The molecule has 0 spiro atoms. The zero-order valence-corrected chi connectivity index (χ0v) is 21.5. The van der Waals surface area contributed by atoms with Crippen molar-refractivity contribution in [3.05, 3.63) is 70.2 Å². The Kier molecular flexibility index (Phi) is 7.84. The van der Waals surface area contributed by atoms with Crippen LogP contribution in [0.3, 0.4) is 0 Å². The lowest BCUT2D eigenvalue weighted by atomic mass is 9.96. The SMILES string of the molecule is Cc1c(COc2cc(OCCN3CC[C@@H](O)C3)c(C=O)cc2Cl)cccc1-c1ccc2c(c1)OCCO2. The second-order valence-corrected chi connectivity index (χ2v) is 9.67. The van der Waals surface area contributed by atoms with Crippen LogP contribution in [0.1, 0.15) is 27.9 Å². The number of halogens is 1. The molecule has 1 atom stereocenters. The number of aliphatic hydroxyl groups excluding tert-OH is 1. The Balaban J connectivity index is 1.29. The third kappa shape index (κ3) is 5.85. The second-order valence-electron chi connectivity index (χ2n) is 9.27. The molecule has 2 aliphatic rings. The van der Waals surface area contributed by atoms with Crippen molar-refractivity contribution in [2.45, 2.75) is 26.1 Å². The summed E-state index contributed by atoms with van der Waals surface area (Å²) in [6.07, 6.45) is 1.22. The molecule has 3 aromatic carbocycles. The van der Waals surface area contributed by atoms with E-state index in [0.717, 1.165) is 53.0 Å². The molecule has 2 aliphatic heterocycles. The molecule has 0 amide bonds. The zero-order valence-electron chi connectivity index (χ0n) is 20.7. The topological polar surface area (TPSA) is 77.5 Å².